The standard InChI is InChI=1S/C9H9IN6OS/c10-6-2-1-5(7(17)3-6)4-12-13-8-14-15-9(18)16(8)11/h1-4,17H,11H2,(H,13,14)(H,15,18)/b12-4-. The molecule has 2 aromatic rings. The number of nitrogen functional groups attached to an aromatic ring is 1. The smallest absolute Gasteiger partial charge is 0.262 e. The predicted molar refractivity (Wildman–Crippen MR) is 79.6 cm³/mol. The van der Waals surface area contributed by atoms with E-state index in [-0.39, 0.29) is 16.5 Å². The van der Waals surface area contributed by atoms with Crippen LogP contribution in [0.2, 0.25) is 0 Å². The van der Waals surface area contributed by atoms with Gasteiger partial charge in [-0.3, -0.25) is 0 Å². The number of hydrogen-bond donors (Lipinski definition) is 4. The Morgan fingerprint density at radius 3 is 3.00 bits per heavy atom. The van der Waals surface area contributed by atoms with E-state index >= 15 is 0 Å². The molecular weight excluding hydrogens is 367 g/mol. The van der Waals surface area contributed by atoms with E-state index in [1.165, 1.54) is 6.21 Å². The van der Waals surface area contributed by atoms with Crippen molar-refractivity contribution in [3.8, 4) is 5.75 Å². The van der Waals surface area contributed by atoms with Gasteiger partial charge in [0.2, 0.25) is 4.77 Å². The van der Waals surface area contributed by atoms with E-state index in [0.717, 1.165) is 8.25 Å². The number of nitrogens with one attached hydrogen (secondary N) is 2. The molecule has 0 saturated carbocycles. The summed E-state index contributed by atoms with van der Waals surface area (Å²) >= 11 is 6.95. The lowest BCUT2D eigenvalue weighted by Gasteiger charge is -2.00. The summed E-state index contributed by atoms with van der Waals surface area (Å²) in [5.74, 6) is 5.99. The fourth-order valence-corrected chi connectivity index (χ4v) is 1.78. The lowest BCUT2D eigenvalue weighted by atomic mass is 10.2. The molecule has 0 bridgehead atoms. The van der Waals surface area contributed by atoms with Crippen molar-refractivity contribution in [1.82, 2.24) is 14.9 Å². The summed E-state index contributed by atoms with van der Waals surface area (Å²) in [4.78, 5) is 0. The first-order valence-corrected chi connectivity index (χ1v) is 6.26. The zero-order valence-electron chi connectivity index (χ0n) is 8.96. The van der Waals surface area contributed by atoms with Crippen LogP contribution < -0.4 is 11.3 Å². The lowest BCUT2D eigenvalue weighted by Crippen LogP contribution is -2.11. The molecule has 18 heavy (non-hydrogen) atoms. The van der Waals surface area contributed by atoms with Gasteiger partial charge in [-0.2, -0.15) is 9.78 Å². The van der Waals surface area contributed by atoms with E-state index in [4.69, 9.17) is 18.1 Å². The number of benzene rings is 1. The third-order valence-corrected chi connectivity index (χ3v) is 3.02. The average Bonchev–Trinajstić information content (AvgIpc) is 2.64. The van der Waals surface area contributed by atoms with Crippen LogP contribution in [0.15, 0.2) is 23.3 Å². The molecule has 0 atom stereocenters. The maximum Gasteiger partial charge on any atom is 0.262 e. The molecule has 0 radical (unpaired) electrons. The number of nitrogens with two attached hydrogens (primary N) is 1. The first-order chi connectivity index (χ1) is 8.58. The Hall–Kier alpha value is -1.62. The van der Waals surface area contributed by atoms with Gasteiger partial charge in [-0.25, -0.2) is 10.5 Å². The molecule has 94 valence electrons. The number of halogens is 1. The Labute approximate surface area is 121 Å². The molecule has 1 aromatic heterocycles. The molecule has 1 aromatic carbocycles. The van der Waals surface area contributed by atoms with Crippen molar-refractivity contribution in [3.05, 3.63) is 32.1 Å². The van der Waals surface area contributed by atoms with Crippen LogP contribution >= 0.6 is 34.8 Å². The molecule has 9 heteroatoms. The monoisotopic (exact) mass is 376 g/mol. The van der Waals surface area contributed by atoms with Crippen molar-refractivity contribution in [2.75, 3.05) is 11.3 Å². The number of aromatic nitrogens is 3. The zero-order chi connectivity index (χ0) is 13.1. The van der Waals surface area contributed by atoms with Crippen molar-refractivity contribution in [2.24, 2.45) is 5.10 Å². The van der Waals surface area contributed by atoms with Gasteiger partial charge in [-0.15, -0.1) is 5.10 Å². The minimum absolute atomic E-state index is 0.152. The van der Waals surface area contributed by atoms with Crippen molar-refractivity contribution < 1.29 is 5.11 Å². The number of aromatic hydroxyl groups is 1. The minimum atomic E-state index is 0.152. The number of anilines is 1. The van der Waals surface area contributed by atoms with Gasteiger partial charge in [-0.05, 0) is 53.0 Å². The fourth-order valence-electron chi connectivity index (χ4n) is 1.17. The summed E-state index contributed by atoms with van der Waals surface area (Å²) in [6.07, 6.45) is 1.46. The molecule has 2 rings (SSSR count). The first-order valence-electron chi connectivity index (χ1n) is 4.78. The number of nitrogens with zero attached hydrogens (tertiary/aromatic N) is 3. The number of hydrogen-bond acceptors (Lipinski definition) is 6. The third-order valence-electron chi connectivity index (χ3n) is 2.07. The van der Waals surface area contributed by atoms with Crippen LogP contribution in [-0.4, -0.2) is 26.2 Å². The van der Waals surface area contributed by atoms with E-state index in [0.29, 0.717) is 5.56 Å². The number of rotatable bonds is 3. The molecule has 7 nitrogen and oxygen atoms in total. The second-order valence-electron chi connectivity index (χ2n) is 3.30. The fraction of sp³-hybridized carbons (Fsp3) is 0. The quantitative estimate of drug-likeness (QED) is 0.213. The number of phenolic OH excluding ortho intramolecular Hbond substituents is 1. The number of aromatic amines is 1. The van der Waals surface area contributed by atoms with Crippen molar-refractivity contribution >= 4 is 47.0 Å². The number of H-pyrrole nitrogens is 1. The Morgan fingerprint density at radius 1 is 1.61 bits per heavy atom. The highest BCUT2D eigenvalue weighted by atomic mass is 127. The van der Waals surface area contributed by atoms with Gasteiger partial charge in [0.05, 0.1) is 6.21 Å². The summed E-state index contributed by atoms with van der Waals surface area (Å²) in [7, 11) is 0. The van der Waals surface area contributed by atoms with Crippen LogP contribution in [0.5, 0.6) is 5.75 Å². The summed E-state index contributed by atoms with van der Waals surface area (Å²) in [5.41, 5.74) is 3.19. The lowest BCUT2D eigenvalue weighted by molar-refractivity contribution is 0.474. The topological polar surface area (TPSA) is 104 Å². The van der Waals surface area contributed by atoms with Crippen LogP contribution in [0.1, 0.15) is 5.56 Å². The van der Waals surface area contributed by atoms with Gasteiger partial charge in [0, 0.05) is 9.13 Å². The number of phenols is 1. The van der Waals surface area contributed by atoms with Crippen molar-refractivity contribution in [2.45, 2.75) is 0 Å². The maximum absolute atomic E-state index is 9.66. The first kappa shape index (κ1) is 12.8. The Morgan fingerprint density at radius 2 is 2.39 bits per heavy atom. The third kappa shape index (κ3) is 2.79. The summed E-state index contributed by atoms with van der Waals surface area (Å²) in [6.45, 7) is 0. The maximum atomic E-state index is 9.66. The van der Waals surface area contributed by atoms with Gasteiger partial charge in [0.15, 0.2) is 0 Å². The molecule has 0 amide bonds. The molecular formula is C9H9IN6OS. The van der Waals surface area contributed by atoms with Crippen LogP contribution in [0, 0.1) is 8.34 Å². The van der Waals surface area contributed by atoms with Gasteiger partial charge >= 0.3 is 0 Å². The van der Waals surface area contributed by atoms with Crippen molar-refractivity contribution in [1.29, 1.82) is 0 Å². The van der Waals surface area contributed by atoms with Gasteiger partial charge in [-0.1, -0.05) is 0 Å². The van der Waals surface area contributed by atoms with E-state index in [2.05, 4.69) is 43.3 Å². The zero-order valence-corrected chi connectivity index (χ0v) is 11.9. The van der Waals surface area contributed by atoms with Crippen LogP contribution in [0.4, 0.5) is 5.95 Å². The van der Waals surface area contributed by atoms with Crippen LogP contribution in [-0.2, 0) is 0 Å². The molecule has 0 aliphatic rings. The summed E-state index contributed by atoms with van der Waals surface area (Å²) < 4.78 is 2.38. The van der Waals surface area contributed by atoms with E-state index in [1.807, 2.05) is 6.07 Å². The minimum Gasteiger partial charge on any atom is -0.507 e. The Balaban J connectivity index is 2.12. The van der Waals surface area contributed by atoms with E-state index < -0.39 is 0 Å². The molecule has 1 heterocycles. The highest BCUT2D eigenvalue weighted by molar-refractivity contribution is 14.1. The average molecular weight is 376 g/mol. The molecule has 0 unspecified atom stereocenters. The molecule has 0 saturated heterocycles. The Bertz CT molecular complexity index is 649. The van der Waals surface area contributed by atoms with Gasteiger partial charge in [0.25, 0.3) is 5.95 Å². The van der Waals surface area contributed by atoms with Gasteiger partial charge in [0.1, 0.15) is 5.75 Å². The van der Waals surface area contributed by atoms with E-state index in [1.54, 1.807) is 12.1 Å². The molecule has 0 fully saturated rings. The van der Waals surface area contributed by atoms with Crippen LogP contribution in [0.25, 0.3) is 0 Å². The summed E-state index contributed by atoms with van der Waals surface area (Å²) in [5, 5.41) is 19.9. The molecule has 0 aliphatic heterocycles. The van der Waals surface area contributed by atoms with Crippen molar-refractivity contribution in [3.63, 3.8) is 0 Å². The largest absolute Gasteiger partial charge is 0.507 e. The highest BCUT2D eigenvalue weighted by Gasteiger charge is 2.01. The second-order valence-corrected chi connectivity index (χ2v) is 4.93. The highest BCUT2D eigenvalue weighted by Crippen LogP contribution is 2.18. The second kappa shape index (κ2) is 5.35. The van der Waals surface area contributed by atoms with Crippen LogP contribution in [0.3, 0.4) is 0 Å². The molecule has 5 N–H and O–H groups in total. The van der Waals surface area contributed by atoms with E-state index in [9.17, 15) is 5.11 Å². The Kier molecular flexibility index (Phi) is 3.81. The predicted octanol–water partition coefficient (Wildman–Crippen LogP) is 1.41. The van der Waals surface area contributed by atoms with Gasteiger partial charge < -0.3 is 10.9 Å². The normalized spacial score (nSPS) is 10.9. The SMILES string of the molecule is Nn1c(N/N=C\c2ccc(I)cc2O)n[nH]c1=S. The number of hydrazone groups is 1. The molecule has 0 aliphatic carbocycles. The summed E-state index contributed by atoms with van der Waals surface area (Å²) in [6, 6.07) is 5.25. The molecule has 0 spiro atoms.